The molecular formula is C22H29N3O3. The van der Waals surface area contributed by atoms with Crippen LogP contribution in [0.1, 0.15) is 61.3 Å². The Morgan fingerprint density at radius 3 is 2.71 bits per heavy atom. The molecule has 1 amide bonds. The Morgan fingerprint density at radius 1 is 1.25 bits per heavy atom. The Morgan fingerprint density at radius 2 is 2.00 bits per heavy atom. The smallest absolute Gasteiger partial charge is 0.410 e. The fourth-order valence-electron chi connectivity index (χ4n) is 3.52. The minimum Gasteiger partial charge on any atom is -0.445 e. The number of nitrogens with zero attached hydrogens (tertiary/aromatic N) is 3. The van der Waals surface area contributed by atoms with Gasteiger partial charge in [0.1, 0.15) is 12.3 Å². The van der Waals surface area contributed by atoms with Crippen LogP contribution in [0.25, 0.3) is 0 Å². The Balaban J connectivity index is 1.69. The summed E-state index contributed by atoms with van der Waals surface area (Å²) in [5.74, 6) is -0.0591. The van der Waals surface area contributed by atoms with E-state index in [1.54, 1.807) is 11.1 Å². The molecule has 0 bridgehead atoms. The van der Waals surface area contributed by atoms with Crippen LogP contribution in [0.4, 0.5) is 4.79 Å². The molecule has 0 radical (unpaired) electrons. The SMILES string of the molecule is CC1CCN(C(=O)OCc2ccccc2)CCCc2cnn(C(C)C)c2C1=O. The van der Waals surface area contributed by atoms with Crippen LogP contribution < -0.4 is 0 Å². The van der Waals surface area contributed by atoms with Crippen molar-refractivity contribution in [2.45, 2.75) is 52.7 Å². The number of amides is 1. The zero-order valence-corrected chi connectivity index (χ0v) is 16.9. The molecule has 0 N–H and O–H groups in total. The van der Waals surface area contributed by atoms with Crippen molar-refractivity contribution in [3.63, 3.8) is 0 Å². The van der Waals surface area contributed by atoms with Gasteiger partial charge in [0.15, 0.2) is 5.78 Å². The average Bonchev–Trinajstić information content (AvgIpc) is 3.12. The Hall–Kier alpha value is -2.63. The van der Waals surface area contributed by atoms with Crippen LogP contribution in [-0.4, -0.2) is 39.6 Å². The summed E-state index contributed by atoms with van der Waals surface area (Å²) in [6, 6.07) is 9.80. The van der Waals surface area contributed by atoms with Crippen molar-refractivity contribution in [2.24, 2.45) is 5.92 Å². The van der Waals surface area contributed by atoms with Gasteiger partial charge in [0.05, 0.1) is 6.20 Å². The molecule has 0 aliphatic carbocycles. The summed E-state index contributed by atoms with van der Waals surface area (Å²) < 4.78 is 7.32. The summed E-state index contributed by atoms with van der Waals surface area (Å²) in [5.41, 5.74) is 2.68. The molecule has 0 fully saturated rings. The quantitative estimate of drug-likeness (QED) is 0.794. The summed E-state index contributed by atoms with van der Waals surface area (Å²) in [7, 11) is 0. The van der Waals surface area contributed by atoms with Crippen molar-refractivity contribution >= 4 is 11.9 Å². The first-order valence-corrected chi connectivity index (χ1v) is 10.0. The number of benzene rings is 1. The molecule has 1 aliphatic heterocycles. The Labute approximate surface area is 166 Å². The van der Waals surface area contributed by atoms with Crippen LogP contribution >= 0.6 is 0 Å². The zero-order chi connectivity index (χ0) is 20.1. The fourth-order valence-corrected chi connectivity index (χ4v) is 3.52. The van der Waals surface area contributed by atoms with Crippen molar-refractivity contribution in [3.8, 4) is 0 Å². The van der Waals surface area contributed by atoms with Crippen molar-refractivity contribution in [1.29, 1.82) is 0 Å². The predicted molar refractivity (Wildman–Crippen MR) is 107 cm³/mol. The van der Waals surface area contributed by atoms with Crippen molar-refractivity contribution in [2.75, 3.05) is 13.1 Å². The number of carbonyl (C=O) groups excluding carboxylic acids is 2. The van der Waals surface area contributed by atoms with E-state index in [1.807, 2.05) is 55.8 Å². The highest BCUT2D eigenvalue weighted by molar-refractivity contribution is 5.97. The normalized spacial score (nSPS) is 18.1. The molecule has 0 saturated carbocycles. The van der Waals surface area contributed by atoms with E-state index < -0.39 is 0 Å². The number of Topliss-reactive ketones (excluding diaryl/α,β-unsaturated/α-hetero) is 1. The minimum atomic E-state index is -0.317. The van der Waals surface area contributed by atoms with E-state index >= 15 is 0 Å². The third-order valence-corrected chi connectivity index (χ3v) is 5.21. The lowest BCUT2D eigenvalue weighted by atomic mass is 9.95. The lowest BCUT2D eigenvalue weighted by molar-refractivity contribution is 0.0838. The second kappa shape index (κ2) is 9.04. The van der Waals surface area contributed by atoms with Crippen LogP contribution in [0, 0.1) is 5.92 Å². The summed E-state index contributed by atoms with van der Waals surface area (Å²) in [5, 5.41) is 4.43. The van der Waals surface area contributed by atoms with E-state index in [4.69, 9.17) is 4.74 Å². The third-order valence-electron chi connectivity index (χ3n) is 5.21. The molecule has 1 aliphatic rings. The minimum absolute atomic E-state index is 0.112. The first-order chi connectivity index (χ1) is 13.5. The largest absolute Gasteiger partial charge is 0.445 e. The molecule has 2 aromatic rings. The van der Waals surface area contributed by atoms with Crippen molar-refractivity contribution in [3.05, 3.63) is 53.3 Å². The van der Waals surface area contributed by atoms with Crippen LogP contribution in [0.2, 0.25) is 0 Å². The molecule has 1 aromatic heterocycles. The molecule has 28 heavy (non-hydrogen) atoms. The topological polar surface area (TPSA) is 64.4 Å². The van der Waals surface area contributed by atoms with Gasteiger partial charge in [-0.3, -0.25) is 9.48 Å². The maximum atomic E-state index is 13.0. The average molecular weight is 383 g/mol. The second-order valence-corrected chi connectivity index (χ2v) is 7.74. The third kappa shape index (κ3) is 4.61. The molecular weight excluding hydrogens is 354 g/mol. The zero-order valence-electron chi connectivity index (χ0n) is 16.9. The predicted octanol–water partition coefficient (Wildman–Crippen LogP) is 4.26. The van der Waals surface area contributed by atoms with Crippen LogP contribution in [0.3, 0.4) is 0 Å². The van der Waals surface area contributed by atoms with Gasteiger partial charge in [-0.2, -0.15) is 5.10 Å². The summed E-state index contributed by atoms with van der Waals surface area (Å²) in [6.45, 7) is 7.39. The molecule has 6 nitrogen and oxygen atoms in total. The number of fused-ring (bicyclic) bond motifs is 1. The van der Waals surface area contributed by atoms with E-state index in [9.17, 15) is 9.59 Å². The number of rotatable bonds is 3. The summed E-state index contributed by atoms with van der Waals surface area (Å²) in [6.07, 6.45) is 3.60. The van der Waals surface area contributed by atoms with Crippen molar-refractivity contribution in [1.82, 2.24) is 14.7 Å². The van der Waals surface area contributed by atoms with E-state index in [0.717, 1.165) is 29.7 Å². The van der Waals surface area contributed by atoms with Gasteiger partial charge >= 0.3 is 6.09 Å². The van der Waals surface area contributed by atoms with Gasteiger partial charge in [-0.05, 0) is 38.7 Å². The summed E-state index contributed by atoms with van der Waals surface area (Å²) >= 11 is 0. The van der Waals surface area contributed by atoms with Crippen LogP contribution in [-0.2, 0) is 17.8 Å². The van der Waals surface area contributed by atoms with E-state index in [0.29, 0.717) is 19.5 Å². The van der Waals surface area contributed by atoms with E-state index in [-0.39, 0.29) is 30.4 Å². The van der Waals surface area contributed by atoms with Gasteiger partial charge in [-0.1, -0.05) is 37.3 Å². The Bertz CT molecular complexity index is 814. The number of ketones is 1. The first kappa shape index (κ1) is 20.1. The van der Waals surface area contributed by atoms with Crippen molar-refractivity contribution < 1.29 is 14.3 Å². The molecule has 6 heteroatoms. The number of ether oxygens (including phenoxy) is 1. The molecule has 3 rings (SSSR count). The van der Waals surface area contributed by atoms with Gasteiger partial charge in [0, 0.05) is 30.6 Å². The lowest BCUT2D eigenvalue weighted by Gasteiger charge is -2.25. The molecule has 1 atom stereocenters. The Kier molecular flexibility index (Phi) is 6.49. The first-order valence-electron chi connectivity index (χ1n) is 10.0. The van der Waals surface area contributed by atoms with E-state index in [1.165, 1.54) is 0 Å². The second-order valence-electron chi connectivity index (χ2n) is 7.74. The molecule has 150 valence electrons. The van der Waals surface area contributed by atoms with Gasteiger partial charge in [0.2, 0.25) is 0 Å². The highest BCUT2D eigenvalue weighted by atomic mass is 16.6. The number of aryl methyl sites for hydroxylation is 1. The number of aromatic nitrogens is 2. The van der Waals surface area contributed by atoms with Gasteiger partial charge < -0.3 is 9.64 Å². The number of carbonyl (C=O) groups is 2. The van der Waals surface area contributed by atoms with Gasteiger partial charge in [-0.25, -0.2) is 4.79 Å². The molecule has 0 saturated heterocycles. The highest BCUT2D eigenvalue weighted by Crippen LogP contribution is 2.23. The van der Waals surface area contributed by atoms with Gasteiger partial charge in [0.25, 0.3) is 0 Å². The summed E-state index contributed by atoms with van der Waals surface area (Å²) in [4.78, 5) is 27.3. The highest BCUT2D eigenvalue weighted by Gasteiger charge is 2.27. The molecule has 1 unspecified atom stereocenters. The van der Waals surface area contributed by atoms with Crippen LogP contribution in [0.15, 0.2) is 36.5 Å². The molecule has 2 heterocycles. The standard InChI is InChI=1S/C22H29N3O3/c1-16(2)25-20-19(14-23-25)10-7-12-24(13-11-17(3)21(20)26)22(27)28-15-18-8-5-4-6-9-18/h4-6,8-9,14,16-17H,7,10-13,15H2,1-3H3. The number of hydrogen-bond donors (Lipinski definition) is 0. The van der Waals surface area contributed by atoms with Crippen LogP contribution in [0.5, 0.6) is 0 Å². The molecule has 0 spiro atoms. The lowest BCUT2D eigenvalue weighted by Crippen LogP contribution is -2.36. The van der Waals surface area contributed by atoms with Gasteiger partial charge in [-0.15, -0.1) is 0 Å². The maximum absolute atomic E-state index is 13.0. The fraction of sp³-hybridized carbons (Fsp3) is 0.500. The monoisotopic (exact) mass is 383 g/mol. The van der Waals surface area contributed by atoms with E-state index in [2.05, 4.69) is 5.10 Å². The molecule has 1 aromatic carbocycles. The number of hydrogen-bond acceptors (Lipinski definition) is 4. The maximum Gasteiger partial charge on any atom is 0.410 e.